The molecule has 4 aromatic carbocycles. The maximum absolute atomic E-state index is 12.6. The fourth-order valence-electron chi connectivity index (χ4n) is 6.55. The van der Waals surface area contributed by atoms with E-state index in [2.05, 4.69) is 27.0 Å². The molecular weight excluding hydrogens is 885 g/mol. The van der Waals surface area contributed by atoms with Gasteiger partial charge in [-0.3, -0.25) is 19.2 Å². The third-order valence-corrected chi connectivity index (χ3v) is 11.6. The van der Waals surface area contributed by atoms with Crippen molar-refractivity contribution in [2.24, 2.45) is 5.92 Å². The van der Waals surface area contributed by atoms with Gasteiger partial charge in [-0.2, -0.15) is 0 Å². The second-order valence-electron chi connectivity index (χ2n) is 17.6. The number of aryl methyl sites for hydroxylation is 1. The van der Waals surface area contributed by atoms with E-state index in [0.717, 1.165) is 47.4 Å². The first-order valence-corrected chi connectivity index (χ1v) is 26.4. The molecule has 0 radical (unpaired) electrons. The van der Waals surface area contributed by atoms with Crippen LogP contribution in [0.3, 0.4) is 0 Å². The third-order valence-electron chi connectivity index (χ3n) is 11.6. The normalized spacial score (nSPS) is 11.5. The van der Waals surface area contributed by atoms with Crippen LogP contribution in [0.25, 0.3) is 11.1 Å². The Morgan fingerprint density at radius 1 is 0.592 bits per heavy atom. The number of aldehydes is 2. The number of allylic oxidation sites excluding steroid dienone is 2. The molecule has 0 saturated heterocycles. The Bertz CT molecular complexity index is 1980. The zero-order valence-electron chi connectivity index (χ0n) is 45.1. The predicted octanol–water partition coefficient (Wildman–Crippen LogP) is 17.6. The van der Waals surface area contributed by atoms with Crippen molar-refractivity contribution < 1.29 is 38.2 Å². The second-order valence-corrected chi connectivity index (χ2v) is 17.6. The van der Waals surface area contributed by atoms with Crippen LogP contribution >= 0.6 is 0 Å². The van der Waals surface area contributed by atoms with E-state index in [1.807, 2.05) is 63.2 Å². The molecule has 8 heteroatoms. The first-order valence-electron chi connectivity index (χ1n) is 26.4. The van der Waals surface area contributed by atoms with Crippen molar-refractivity contribution in [2.75, 3.05) is 13.7 Å². The van der Waals surface area contributed by atoms with Crippen LogP contribution in [0.2, 0.25) is 0 Å². The molecule has 0 heterocycles. The molecule has 0 unspecified atom stereocenters. The van der Waals surface area contributed by atoms with E-state index < -0.39 is 5.97 Å². The van der Waals surface area contributed by atoms with Gasteiger partial charge in [0.15, 0.2) is 17.9 Å². The van der Waals surface area contributed by atoms with Crippen molar-refractivity contribution in [3.63, 3.8) is 0 Å². The van der Waals surface area contributed by atoms with Gasteiger partial charge in [-0.25, -0.2) is 4.79 Å². The van der Waals surface area contributed by atoms with Crippen LogP contribution in [0.5, 0.6) is 17.2 Å². The van der Waals surface area contributed by atoms with E-state index in [0.29, 0.717) is 29.2 Å². The molecule has 0 aromatic heterocycles. The summed E-state index contributed by atoms with van der Waals surface area (Å²) < 4.78 is 16.5. The molecule has 0 amide bonds. The molecule has 2 saturated carbocycles. The molecule has 390 valence electrons. The van der Waals surface area contributed by atoms with Gasteiger partial charge in [0.1, 0.15) is 23.5 Å². The van der Waals surface area contributed by atoms with Gasteiger partial charge in [0.2, 0.25) is 0 Å². The number of rotatable bonds is 23. The minimum Gasteiger partial charge on any atom is -0.497 e. The number of benzene rings is 4. The molecule has 2 fully saturated rings. The summed E-state index contributed by atoms with van der Waals surface area (Å²) in [6, 6.07) is 26.9. The van der Waals surface area contributed by atoms with Crippen molar-refractivity contribution in [3.8, 4) is 28.4 Å². The van der Waals surface area contributed by atoms with Crippen LogP contribution in [-0.2, 0) is 9.59 Å². The lowest BCUT2D eigenvalue weighted by Crippen LogP contribution is -2.10. The van der Waals surface area contributed by atoms with E-state index in [1.54, 1.807) is 55.6 Å². The summed E-state index contributed by atoms with van der Waals surface area (Å²) in [5.41, 5.74) is 4.54. The highest BCUT2D eigenvalue weighted by atomic mass is 16.5. The summed E-state index contributed by atoms with van der Waals surface area (Å²) in [4.78, 5) is 53.5. The number of hydrogen-bond donors (Lipinski definition) is 0. The van der Waals surface area contributed by atoms with Gasteiger partial charge >= 0.3 is 5.97 Å². The predicted molar refractivity (Wildman–Crippen MR) is 298 cm³/mol. The van der Waals surface area contributed by atoms with Crippen molar-refractivity contribution in [1.29, 1.82) is 0 Å². The van der Waals surface area contributed by atoms with Crippen LogP contribution in [0.15, 0.2) is 116 Å². The van der Waals surface area contributed by atoms with Gasteiger partial charge in [-0.15, -0.1) is 0 Å². The van der Waals surface area contributed by atoms with Crippen molar-refractivity contribution in [2.45, 2.75) is 177 Å². The molecule has 0 atom stereocenters. The minimum absolute atomic E-state index is 0.0185. The largest absolute Gasteiger partial charge is 0.497 e. The highest BCUT2D eigenvalue weighted by molar-refractivity contribution is 5.92. The standard InChI is InChI=1S/C31H34O5.C10H22.C8H8O.2C4H6O.C4H8.C2H6/c1-34-29-18-19-30(26(21-29)22-32)24-10-16-28(17-11-24)36-31(33)25-12-14-27(15-13-25)35-20-5-3-2-4-7-23-8-6-9-23;1-3-5-7-9-10-8-6-4-2;1-7-2-4-8(6-9)5-3-7;2*1-3-4(2)5;1-2-4-3-1;1-2/h10-19,21-23H,2-9,20H2,1H3;3-10H2,1-2H3;2-6H,1H3;2*3H,1H2,2H3;1-4H2;1-2H3. The number of carbonyl (C=O) groups is 5. The number of esters is 1. The summed E-state index contributed by atoms with van der Waals surface area (Å²) >= 11 is 0. The highest BCUT2D eigenvalue weighted by Gasteiger charge is 2.16. The van der Waals surface area contributed by atoms with Crippen LogP contribution < -0.4 is 14.2 Å². The molecule has 71 heavy (non-hydrogen) atoms. The smallest absolute Gasteiger partial charge is 0.343 e. The minimum atomic E-state index is -0.432. The molecule has 2 aliphatic rings. The quantitative estimate of drug-likeness (QED) is 0.0237. The summed E-state index contributed by atoms with van der Waals surface area (Å²) in [6.45, 7) is 20.6. The topological polar surface area (TPSA) is 113 Å². The number of ether oxygens (including phenoxy) is 3. The van der Waals surface area contributed by atoms with Gasteiger partial charge in [0, 0.05) is 11.1 Å². The molecule has 2 aliphatic carbocycles. The second kappa shape index (κ2) is 44.1. The Labute approximate surface area is 430 Å². The molecule has 0 spiro atoms. The lowest BCUT2D eigenvalue weighted by Gasteiger charge is -2.24. The third kappa shape index (κ3) is 33.4. The molecule has 8 nitrogen and oxygen atoms in total. The Kier molecular flexibility index (Phi) is 40.4. The summed E-state index contributed by atoms with van der Waals surface area (Å²) in [7, 11) is 1.56. The Morgan fingerprint density at radius 3 is 1.51 bits per heavy atom. The average Bonchev–Trinajstić information content (AvgIpc) is 3.36. The zero-order chi connectivity index (χ0) is 52.9. The molecule has 0 aliphatic heterocycles. The highest BCUT2D eigenvalue weighted by Crippen LogP contribution is 2.31. The first-order chi connectivity index (χ1) is 34.4. The molecule has 0 bridgehead atoms. The van der Waals surface area contributed by atoms with Crippen LogP contribution in [0, 0.1) is 12.8 Å². The fourth-order valence-corrected chi connectivity index (χ4v) is 6.55. The van der Waals surface area contributed by atoms with Gasteiger partial charge in [0.25, 0.3) is 0 Å². The van der Waals surface area contributed by atoms with Gasteiger partial charge in [-0.05, 0) is 111 Å². The van der Waals surface area contributed by atoms with E-state index >= 15 is 0 Å². The van der Waals surface area contributed by atoms with Gasteiger partial charge < -0.3 is 14.2 Å². The van der Waals surface area contributed by atoms with Crippen LogP contribution in [0.1, 0.15) is 207 Å². The average molecular weight is 975 g/mol. The lowest BCUT2D eigenvalue weighted by atomic mass is 9.82. The maximum Gasteiger partial charge on any atom is 0.343 e. The SMILES string of the molecule is C1CCC1.C=CC(C)=O.C=CC(C)=O.CC.CCCCCCCCCC.COc1ccc(-c2ccc(OC(=O)c3ccc(OCCCCCCC4CCC4)cc3)cc2)c(C=O)c1.Cc1ccc(C=O)cc1. The molecule has 0 N–H and O–H groups in total. The van der Waals surface area contributed by atoms with Gasteiger partial charge in [0.05, 0.1) is 19.3 Å². The van der Waals surface area contributed by atoms with Gasteiger partial charge in [-0.1, -0.05) is 205 Å². The fraction of sp³-hybridized carbons (Fsp3) is 0.476. The Morgan fingerprint density at radius 2 is 1.07 bits per heavy atom. The zero-order valence-corrected chi connectivity index (χ0v) is 45.1. The molecular formula is C63H90O8. The number of unbranched alkanes of at least 4 members (excludes halogenated alkanes) is 10. The van der Waals surface area contributed by atoms with E-state index in [9.17, 15) is 24.0 Å². The summed E-state index contributed by atoms with van der Waals surface area (Å²) in [6.07, 6.45) is 32.2. The van der Waals surface area contributed by atoms with Crippen LogP contribution in [0.4, 0.5) is 0 Å². The van der Waals surface area contributed by atoms with E-state index in [1.165, 1.54) is 154 Å². The summed E-state index contributed by atoms with van der Waals surface area (Å²) in [5, 5.41) is 0. The van der Waals surface area contributed by atoms with Crippen molar-refractivity contribution in [3.05, 3.63) is 139 Å². The Hall–Kier alpha value is -5.89. The number of ketones is 2. The Balaban J connectivity index is 0.00000112. The summed E-state index contributed by atoms with van der Waals surface area (Å²) in [5.74, 6) is 2.42. The maximum atomic E-state index is 12.6. The van der Waals surface area contributed by atoms with Crippen LogP contribution in [-0.4, -0.2) is 43.8 Å². The number of carbonyl (C=O) groups excluding carboxylic acids is 5. The number of methoxy groups -OCH3 is 1. The first kappa shape index (κ1) is 65.1. The van der Waals surface area contributed by atoms with E-state index in [4.69, 9.17) is 14.2 Å². The lowest BCUT2D eigenvalue weighted by molar-refractivity contribution is -0.113. The van der Waals surface area contributed by atoms with Crippen molar-refractivity contribution in [1.82, 2.24) is 0 Å². The van der Waals surface area contributed by atoms with Crippen molar-refractivity contribution >= 4 is 30.1 Å². The monoisotopic (exact) mass is 975 g/mol. The number of hydrogen-bond acceptors (Lipinski definition) is 8. The van der Waals surface area contributed by atoms with E-state index in [-0.39, 0.29) is 11.6 Å². The molecule has 6 rings (SSSR count). The molecule has 4 aromatic rings.